The van der Waals surface area contributed by atoms with Crippen LogP contribution in [0.15, 0.2) is 23.1 Å². The normalized spacial score (nSPS) is 14.8. The molecular formula is C16H26ClN3O4S. The molecule has 0 atom stereocenters. The third-order valence-electron chi connectivity index (χ3n) is 3.96. The maximum absolute atomic E-state index is 12.7. The molecular weight excluding hydrogens is 366 g/mol. The van der Waals surface area contributed by atoms with E-state index in [-0.39, 0.29) is 29.0 Å². The lowest BCUT2D eigenvalue weighted by atomic mass is 10.2. The number of nitrogens with zero attached hydrogens (tertiary/aromatic N) is 1. The number of carbonyl (C=O) groups is 1. The maximum atomic E-state index is 12.7. The summed E-state index contributed by atoms with van der Waals surface area (Å²) in [5, 5.41) is 5.75. The zero-order valence-corrected chi connectivity index (χ0v) is 16.2. The van der Waals surface area contributed by atoms with Gasteiger partial charge in [0.1, 0.15) is 10.6 Å². The van der Waals surface area contributed by atoms with Crippen molar-refractivity contribution >= 4 is 34.0 Å². The van der Waals surface area contributed by atoms with E-state index in [0.29, 0.717) is 25.2 Å². The van der Waals surface area contributed by atoms with Gasteiger partial charge in [0.2, 0.25) is 15.9 Å². The van der Waals surface area contributed by atoms with E-state index >= 15 is 0 Å². The first-order valence-electron chi connectivity index (χ1n) is 8.11. The number of ether oxygens (including phenoxy) is 1. The van der Waals surface area contributed by atoms with E-state index in [9.17, 15) is 13.2 Å². The van der Waals surface area contributed by atoms with E-state index in [1.54, 1.807) is 12.1 Å². The van der Waals surface area contributed by atoms with Crippen LogP contribution in [-0.4, -0.2) is 52.4 Å². The zero-order valence-electron chi connectivity index (χ0n) is 14.6. The molecule has 1 fully saturated rings. The molecule has 0 aromatic heterocycles. The van der Waals surface area contributed by atoms with Crippen molar-refractivity contribution in [2.24, 2.45) is 0 Å². The van der Waals surface area contributed by atoms with E-state index in [2.05, 4.69) is 10.6 Å². The molecule has 2 N–H and O–H groups in total. The number of hydrogen-bond acceptors (Lipinski definition) is 5. The molecule has 1 aromatic rings. The average Bonchev–Trinajstić information content (AvgIpc) is 3.10. The van der Waals surface area contributed by atoms with Crippen LogP contribution >= 0.6 is 12.4 Å². The molecule has 1 heterocycles. The summed E-state index contributed by atoms with van der Waals surface area (Å²) in [5.41, 5.74) is 0.529. The Labute approximate surface area is 155 Å². The Morgan fingerprint density at radius 2 is 1.96 bits per heavy atom. The lowest BCUT2D eigenvalue weighted by molar-refractivity contribution is -0.116. The lowest BCUT2D eigenvalue weighted by Crippen LogP contribution is -2.28. The van der Waals surface area contributed by atoms with E-state index in [4.69, 9.17) is 4.74 Å². The molecule has 25 heavy (non-hydrogen) atoms. The zero-order chi connectivity index (χ0) is 17.6. The summed E-state index contributed by atoms with van der Waals surface area (Å²) in [6.07, 6.45) is 2.89. The maximum Gasteiger partial charge on any atom is 0.246 e. The first-order chi connectivity index (χ1) is 11.5. The van der Waals surface area contributed by atoms with Gasteiger partial charge in [-0.05, 0) is 45.0 Å². The van der Waals surface area contributed by atoms with Crippen LogP contribution in [0, 0.1) is 0 Å². The molecule has 0 spiro atoms. The van der Waals surface area contributed by atoms with Crippen LogP contribution in [0.5, 0.6) is 5.75 Å². The molecule has 0 saturated carbocycles. The minimum Gasteiger partial charge on any atom is -0.495 e. The highest BCUT2D eigenvalue weighted by molar-refractivity contribution is 7.89. The first-order valence-corrected chi connectivity index (χ1v) is 9.55. The van der Waals surface area contributed by atoms with Crippen molar-refractivity contribution in [3.63, 3.8) is 0 Å². The molecule has 1 aromatic carbocycles. The van der Waals surface area contributed by atoms with Crippen molar-refractivity contribution in [2.45, 2.75) is 30.6 Å². The van der Waals surface area contributed by atoms with Gasteiger partial charge in [0, 0.05) is 31.3 Å². The molecule has 0 aliphatic carbocycles. The highest BCUT2D eigenvalue weighted by atomic mass is 35.5. The Morgan fingerprint density at radius 3 is 2.56 bits per heavy atom. The highest BCUT2D eigenvalue weighted by Gasteiger charge is 2.30. The second-order valence-corrected chi connectivity index (χ2v) is 7.64. The molecule has 0 unspecified atom stereocenters. The van der Waals surface area contributed by atoms with Crippen molar-refractivity contribution in [1.29, 1.82) is 0 Å². The SMILES string of the molecule is CNCCCC(=O)Nc1ccc(S(=O)(=O)N2CCCC2)c(OC)c1.Cl. The van der Waals surface area contributed by atoms with E-state index < -0.39 is 10.0 Å². The fourth-order valence-electron chi connectivity index (χ4n) is 2.68. The van der Waals surface area contributed by atoms with Crippen LogP contribution in [0.2, 0.25) is 0 Å². The Morgan fingerprint density at radius 1 is 1.28 bits per heavy atom. The third kappa shape index (κ3) is 5.57. The van der Waals surface area contributed by atoms with Gasteiger partial charge >= 0.3 is 0 Å². The van der Waals surface area contributed by atoms with Crippen LogP contribution < -0.4 is 15.4 Å². The lowest BCUT2D eigenvalue weighted by Gasteiger charge is -2.18. The van der Waals surface area contributed by atoms with Gasteiger partial charge in [0.15, 0.2) is 0 Å². The number of benzene rings is 1. The van der Waals surface area contributed by atoms with Gasteiger partial charge in [-0.15, -0.1) is 12.4 Å². The van der Waals surface area contributed by atoms with E-state index in [1.165, 1.54) is 17.5 Å². The van der Waals surface area contributed by atoms with Gasteiger partial charge in [-0.25, -0.2) is 8.42 Å². The van der Waals surface area contributed by atoms with E-state index in [1.807, 2.05) is 7.05 Å². The largest absolute Gasteiger partial charge is 0.495 e. The second-order valence-electron chi connectivity index (χ2n) is 5.73. The molecule has 0 bridgehead atoms. The number of sulfonamides is 1. The number of carbonyl (C=O) groups excluding carboxylic acids is 1. The summed E-state index contributed by atoms with van der Waals surface area (Å²) in [5.74, 6) is 0.136. The molecule has 7 nitrogen and oxygen atoms in total. The first kappa shape index (κ1) is 21.7. The smallest absolute Gasteiger partial charge is 0.246 e. The minimum atomic E-state index is -3.56. The van der Waals surface area contributed by atoms with Gasteiger partial charge in [-0.3, -0.25) is 4.79 Å². The number of hydrogen-bond donors (Lipinski definition) is 2. The molecule has 1 aliphatic heterocycles. The van der Waals surface area contributed by atoms with Crippen LogP contribution in [0.25, 0.3) is 0 Å². The molecule has 9 heteroatoms. The topological polar surface area (TPSA) is 87.7 Å². The number of methoxy groups -OCH3 is 1. The quantitative estimate of drug-likeness (QED) is 0.660. The van der Waals surface area contributed by atoms with Crippen molar-refractivity contribution in [1.82, 2.24) is 9.62 Å². The number of anilines is 1. The molecule has 1 aliphatic rings. The van der Waals surface area contributed by atoms with Crippen LogP contribution in [0.4, 0.5) is 5.69 Å². The third-order valence-corrected chi connectivity index (χ3v) is 5.90. The van der Waals surface area contributed by atoms with Crippen molar-refractivity contribution in [3.05, 3.63) is 18.2 Å². The summed E-state index contributed by atoms with van der Waals surface area (Å²) in [6, 6.07) is 4.65. The number of rotatable bonds is 8. The van der Waals surface area contributed by atoms with Crippen molar-refractivity contribution in [2.75, 3.05) is 39.1 Å². The minimum absolute atomic E-state index is 0. The van der Waals surface area contributed by atoms with E-state index in [0.717, 1.165) is 25.8 Å². The highest BCUT2D eigenvalue weighted by Crippen LogP contribution is 2.31. The summed E-state index contributed by atoms with van der Waals surface area (Å²) in [6.45, 7) is 1.84. The standard InChI is InChI=1S/C16H25N3O4S.ClH/c1-17-9-5-6-16(20)18-13-7-8-15(14(12-13)23-2)24(21,22)19-10-3-4-11-19;/h7-8,12,17H,3-6,9-11H2,1-2H3,(H,18,20);1H. The van der Waals surface area contributed by atoms with Gasteiger partial charge in [0.25, 0.3) is 0 Å². The van der Waals surface area contributed by atoms with Gasteiger partial charge in [-0.1, -0.05) is 0 Å². The van der Waals surface area contributed by atoms with Crippen molar-refractivity contribution in [3.8, 4) is 5.75 Å². The van der Waals surface area contributed by atoms with Crippen LogP contribution in [0.3, 0.4) is 0 Å². The van der Waals surface area contributed by atoms with Gasteiger partial charge < -0.3 is 15.4 Å². The Kier molecular flexibility index (Phi) is 8.64. The predicted molar refractivity (Wildman–Crippen MR) is 100 cm³/mol. The summed E-state index contributed by atoms with van der Waals surface area (Å²) < 4.78 is 32.1. The monoisotopic (exact) mass is 391 g/mol. The number of nitrogens with one attached hydrogen (secondary N) is 2. The summed E-state index contributed by atoms with van der Waals surface area (Å²) in [4.78, 5) is 12.0. The van der Waals surface area contributed by atoms with Crippen molar-refractivity contribution < 1.29 is 17.9 Å². The summed E-state index contributed by atoms with van der Waals surface area (Å²) >= 11 is 0. The second kappa shape index (κ2) is 9.96. The molecule has 142 valence electrons. The Bertz CT molecular complexity index is 676. The molecule has 1 amide bonds. The summed E-state index contributed by atoms with van der Waals surface area (Å²) in [7, 11) is -0.294. The number of amides is 1. The van der Waals surface area contributed by atoms with Gasteiger partial charge in [0.05, 0.1) is 7.11 Å². The molecule has 2 rings (SSSR count). The predicted octanol–water partition coefficient (Wildman–Crippen LogP) is 1.84. The molecule has 0 radical (unpaired) electrons. The van der Waals surface area contributed by atoms with Crippen LogP contribution in [-0.2, 0) is 14.8 Å². The fourth-order valence-corrected chi connectivity index (χ4v) is 4.33. The number of halogens is 1. The Balaban J connectivity index is 0.00000312. The fraction of sp³-hybridized carbons (Fsp3) is 0.562. The molecule has 1 saturated heterocycles. The average molecular weight is 392 g/mol. The van der Waals surface area contributed by atoms with Crippen LogP contribution in [0.1, 0.15) is 25.7 Å². The Hall–Kier alpha value is -1.35. The van der Waals surface area contributed by atoms with Gasteiger partial charge in [-0.2, -0.15) is 4.31 Å².